The van der Waals surface area contributed by atoms with E-state index in [9.17, 15) is 9.59 Å². The highest BCUT2D eigenvalue weighted by atomic mass is 32.1. The number of fused-ring (bicyclic) bond motifs is 1. The molecule has 0 aliphatic heterocycles. The van der Waals surface area contributed by atoms with Crippen molar-refractivity contribution in [3.63, 3.8) is 0 Å². The van der Waals surface area contributed by atoms with Crippen molar-refractivity contribution in [2.75, 3.05) is 13.7 Å². The second kappa shape index (κ2) is 8.24. The normalized spacial score (nSPS) is 15.7. The lowest BCUT2D eigenvalue weighted by Gasteiger charge is -2.33. The highest BCUT2D eigenvalue weighted by Gasteiger charge is 2.27. The number of nitrogens with zero attached hydrogens (tertiary/aromatic N) is 2. The Bertz CT molecular complexity index is 981. The molecule has 0 spiro atoms. The molecule has 7 heteroatoms. The highest BCUT2D eigenvalue weighted by Crippen LogP contribution is 2.33. The van der Waals surface area contributed by atoms with E-state index >= 15 is 0 Å². The standard InChI is InChI=1S/C21H20N2O3S2/c1-23(17-9-4-7-14-6-2-3-8-15(14)17)19(24)12-26-21(25)16-13-28-20(22-16)18-10-5-11-27-18/h2-3,5-6,8,10-11,13,17H,4,7,9,12H2,1H3/t17-/m1/s1. The maximum absolute atomic E-state index is 12.6. The number of rotatable bonds is 5. The Hall–Kier alpha value is -2.51. The largest absolute Gasteiger partial charge is 0.451 e. The summed E-state index contributed by atoms with van der Waals surface area (Å²) in [5, 5.41) is 4.42. The summed E-state index contributed by atoms with van der Waals surface area (Å²) in [4.78, 5) is 31.9. The predicted molar refractivity (Wildman–Crippen MR) is 111 cm³/mol. The van der Waals surface area contributed by atoms with Gasteiger partial charge in [-0.2, -0.15) is 0 Å². The van der Waals surface area contributed by atoms with Crippen molar-refractivity contribution in [3.8, 4) is 9.88 Å². The third kappa shape index (κ3) is 3.86. The van der Waals surface area contributed by atoms with Crippen LogP contribution in [-0.4, -0.2) is 35.4 Å². The number of aryl methyl sites for hydroxylation is 1. The van der Waals surface area contributed by atoms with Gasteiger partial charge in [0.1, 0.15) is 5.01 Å². The Morgan fingerprint density at radius 2 is 2.07 bits per heavy atom. The molecule has 0 saturated heterocycles. The van der Waals surface area contributed by atoms with E-state index in [0.717, 1.165) is 29.1 Å². The Morgan fingerprint density at radius 1 is 1.21 bits per heavy atom. The van der Waals surface area contributed by atoms with E-state index in [0.29, 0.717) is 0 Å². The maximum atomic E-state index is 12.6. The quantitative estimate of drug-likeness (QED) is 0.576. The minimum Gasteiger partial charge on any atom is -0.451 e. The highest BCUT2D eigenvalue weighted by molar-refractivity contribution is 7.20. The van der Waals surface area contributed by atoms with Gasteiger partial charge in [-0.15, -0.1) is 22.7 Å². The second-order valence-corrected chi connectivity index (χ2v) is 8.51. The van der Waals surface area contributed by atoms with Crippen LogP contribution in [0.4, 0.5) is 0 Å². The maximum Gasteiger partial charge on any atom is 0.358 e. The van der Waals surface area contributed by atoms with Gasteiger partial charge in [0, 0.05) is 12.4 Å². The number of esters is 1. The van der Waals surface area contributed by atoms with Crippen LogP contribution in [0.3, 0.4) is 0 Å². The van der Waals surface area contributed by atoms with Crippen LogP contribution in [0.15, 0.2) is 47.2 Å². The average Bonchev–Trinajstić information content (AvgIpc) is 3.42. The summed E-state index contributed by atoms with van der Waals surface area (Å²) >= 11 is 2.96. The van der Waals surface area contributed by atoms with Crippen LogP contribution < -0.4 is 0 Å². The molecule has 0 N–H and O–H groups in total. The number of likely N-dealkylation sites (N-methyl/N-ethyl adjacent to an activating group) is 1. The van der Waals surface area contributed by atoms with E-state index in [-0.39, 0.29) is 24.2 Å². The number of thiazole rings is 1. The molecule has 1 aliphatic carbocycles. The van der Waals surface area contributed by atoms with Crippen molar-refractivity contribution in [1.82, 2.24) is 9.88 Å². The van der Waals surface area contributed by atoms with E-state index in [1.165, 1.54) is 22.5 Å². The fourth-order valence-corrected chi connectivity index (χ4v) is 5.09. The summed E-state index contributed by atoms with van der Waals surface area (Å²) in [6.07, 6.45) is 3.01. The van der Waals surface area contributed by atoms with E-state index in [1.807, 2.05) is 29.6 Å². The van der Waals surface area contributed by atoms with Gasteiger partial charge in [0.25, 0.3) is 5.91 Å². The number of hydrogen-bond donors (Lipinski definition) is 0. The fourth-order valence-electron chi connectivity index (χ4n) is 3.49. The van der Waals surface area contributed by atoms with Gasteiger partial charge in [-0.1, -0.05) is 30.3 Å². The van der Waals surface area contributed by atoms with Crippen molar-refractivity contribution in [2.45, 2.75) is 25.3 Å². The summed E-state index contributed by atoms with van der Waals surface area (Å²) < 4.78 is 5.24. The van der Waals surface area contributed by atoms with Crippen LogP contribution in [-0.2, 0) is 16.0 Å². The zero-order chi connectivity index (χ0) is 19.5. The molecule has 5 nitrogen and oxygen atoms in total. The Kier molecular flexibility index (Phi) is 5.54. The van der Waals surface area contributed by atoms with Gasteiger partial charge in [0.2, 0.25) is 0 Å². The summed E-state index contributed by atoms with van der Waals surface area (Å²) in [6.45, 7) is -0.278. The molecule has 0 bridgehead atoms. The Labute approximate surface area is 171 Å². The number of thiophene rings is 1. The minimum atomic E-state index is -0.565. The lowest BCUT2D eigenvalue weighted by molar-refractivity contribution is -0.135. The lowest BCUT2D eigenvalue weighted by Crippen LogP contribution is -2.36. The van der Waals surface area contributed by atoms with Crippen molar-refractivity contribution >= 4 is 34.6 Å². The van der Waals surface area contributed by atoms with E-state index in [2.05, 4.69) is 17.1 Å². The van der Waals surface area contributed by atoms with Crippen LogP contribution in [0.5, 0.6) is 0 Å². The SMILES string of the molecule is CN(C(=O)COC(=O)c1csc(-c2cccs2)n1)[C@@H]1CCCc2ccccc21. The second-order valence-electron chi connectivity index (χ2n) is 6.70. The third-order valence-electron chi connectivity index (χ3n) is 4.97. The third-order valence-corrected chi connectivity index (χ3v) is 6.85. The molecule has 4 rings (SSSR count). The van der Waals surface area contributed by atoms with Gasteiger partial charge < -0.3 is 9.64 Å². The van der Waals surface area contributed by atoms with Crippen LogP contribution in [0.1, 0.15) is 40.5 Å². The van der Waals surface area contributed by atoms with Crippen molar-refractivity contribution in [2.24, 2.45) is 0 Å². The minimum absolute atomic E-state index is 0.0286. The zero-order valence-corrected chi connectivity index (χ0v) is 17.1. The number of carbonyl (C=O) groups is 2. The van der Waals surface area contributed by atoms with E-state index in [4.69, 9.17) is 4.74 Å². The molecule has 0 saturated carbocycles. The Morgan fingerprint density at radius 3 is 2.89 bits per heavy atom. The summed E-state index contributed by atoms with van der Waals surface area (Å²) in [5.41, 5.74) is 2.72. The molecule has 2 aromatic heterocycles. The molecule has 28 heavy (non-hydrogen) atoms. The molecule has 1 aliphatic rings. The summed E-state index contributed by atoms with van der Waals surface area (Å²) in [7, 11) is 1.78. The molecule has 0 radical (unpaired) electrons. The van der Waals surface area contributed by atoms with Crippen molar-refractivity contribution in [1.29, 1.82) is 0 Å². The van der Waals surface area contributed by atoms with Crippen LogP contribution in [0, 0.1) is 0 Å². The number of carbonyl (C=O) groups excluding carboxylic acids is 2. The van der Waals surface area contributed by atoms with Crippen molar-refractivity contribution in [3.05, 3.63) is 64.0 Å². The first-order chi connectivity index (χ1) is 13.6. The molecule has 1 amide bonds. The number of ether oxygens (including phenoxy) is 1. The van der Waals surface area contributed by atoms with E-state index < -0.39 is 5.97 Å². The summed E-state index contributed by atoms with van der Waals surface area (Å²) in [5.74, 6) is -0.770. The summed E-state index contributed by atoms with van der Waals surface area (Å²) in [6, 6.07) is 12.2. The number of amides is 1. The van der Waals surface area contributed by atoms with Gasteiger partial charge in [-0.3, -0.25) is 4.79 Å². The van der Waals surface area contributed by atoms with Crippen LogP contribution >= 0.6 is 22.7 Å². The molecular weight excluding hydrogens is 392 g/mol. The van der Waals surface area contributed by atoms with E-state index in [1.54, 1.807) is 28.7 Å². The fraction of sp³-hybridized carbons (Fsp3) is 0.286. The van der Waals surface area contributed by atoms with Crippen LogP contribution in [0.2, 0.25) is 0 Å². The molecule has 144 valence electrons. The molecule has 1 aromatic carbocycles. The number of hydrogen-bond acceptors (Lipinski definition) is 6. The average molecular weight is 413 g/mol. The first-order valence-electron chi connectivity index (χ1n) is 9.13. The first kappa shape index (κ1) is 18.8. The number of aromatic nitrogens is 1. The smallest absolute Gasteiger partial charge is 0.358 e. The molecule has 1 atom stereocenters. The predicted octanol–water partition coefficient (Wildman–Crippen LogP) is 4.56. The van der Waals surface area contributed by atoms with Gasteiger partial charge >= 0.3 is 5.97 Å². The molecular formula is C21H20N2O3S2. The van der Waals surface area contributed by atoms with Gasteiger partial charge in [-0.25, -0.2) is 9.78 Å². The van der Waals surface area contributed by atoms with Gasteiger partial charge in [-0.05, 0) is 41.8 Å². The zero-order valence-electron chi connectivity index (χ0n) is 15.5. The molecule has 3 aromatic rings. The molecule has 0 fully saturated rings. The lowest BCUT2D eigenvalue weighted by atomic mass is 9.87. The topological polar surface area (TPSA) is 59.5 Å². The monoisotopic (exact) mass is 412 g/mol. The molecule has 2 heterocycles. The van der Waals surface area contributed by atoms with Crippen molar-refractivity contribution < 1.29 is 14.3 Å². The Balaban J connectivity index is 1.37. The molecule has 0 unspecified atom stereocenters. The number of benzene rings is 1. The van der Waals surface area contributed by atoms with Gasteiger partial charge in [0.05, 0.1) is 10.9 Å². The van der Waals surface area contributed by atoms with Gasteiger partial charge in [0.15, 0.2) is 12.3 Å². The first-order valence-corrected chi connectivity index (χ1v) is 10.9. The van der Waals surface area contributed by atoms with Crippen LogP contribution in [0.25, 0.3) is 9.88 Å².